The lowest BCUT2D eigenvalue weighted by atomic mass is 9.83. The molecule has 1 heterocycles. The molecule has 1 aliphatic heterocycles. The van der Waals surface area contributed by atoms with Gasteiger partial charge >= 0.3 is 6.03 Å². The molecule has 13 heteroatoms. The number of fused-ring (bicyclic) bond motifs is 3. The number of nitrogens with zero attached hydrogens (tertiary/aromatic N) is 1. The molecule has 276 valence electrons. The summed E-state index contributed by atoms with van der Waals surface area (Å²) in [5, 5.41) is 11.2. The van der Waals surface area contributed by atoms with E-state index in [4.69, 9.17) is 0 Å². The molecule has 3 saturated carbocycles. The third-order valence-electron chi connectivity index (χ3n) is 11.5. The number of urea groups is 1. The van der Waals surface area contributed by atoms with Crippen LogP contribution < -0.4 is 21.3 Å². The Kier molecular flexibility index (Phi) is 11.4. The maximum atomic E-state index is 14.5. The van der Waals surface area contributed by atoms with Gasteiger partial charge in [-0.2, -0.15) is 0 Å². The molecule has 4 fully saturated rings. The SMILES string of the molecule is C=CCNC(=O)C(=O)C(CC)NC(=O)[C@@H]1[C@@H]2C(CN1C(=O)[C@@H](NC(=O)NC1(CS(=O)(=O)C(C)(C)C)CCCCC1)C(C)(C)C)C21CCCC1. The Balaban J connectivity index is 1.57. The molecule has 0 aromatic heterocycles. The first kappa shape index (κ1) is 38.8. The highest BCUT2D eigenvalue weighted by Gasteiger charge is 2.74. The van der Waals surface area contributed by atoms with E-state index in [9.17, 15) is 32.4 Å². The summed E-state index contributed by atoms with van der Waals surface area (Å²) in [6.45, 7) is 16.3. The van der Waals surface area contributed by atoms with E-state index in [1.807, 2.05) is 20.8 Å². The van der Waals surface area contributed by atoms with Crippen LogP contribution >= 0.6 is 0 Å². The third kappa shape index (κ3) is 8.01. The molecule has 5 atom stereocenters. The van der Waals surface area contributed by atoms with E-state index < -0.39 is 73.2 Å². The van der Waals surface area contributed by atoms with Gasteiger partial charge in [0.25, 0.3) is 5.91 Å². The standard InChI is InChI=1S/C36H59N5O7S/c1-9-20-37-30(44)27(42)24(10-2)38-29(43)26-25-23(36(25)18-14-15-19-36)21-41(26)31(45)28(33(3,4)5)39-32(46)40-35(16-12-11-13-17-35)22-49(47,48)34(6,7)8/h9,23-26,28H,1,10-22H2,2-8H3,(H,37,44)(H,38,43)(H2,39,40,46)/t23?,24?,25-,26-,28+/m0/s1. The topological polar surface area (TPSA) is 171 Å². The fourth-order valence-corrected chi connectivity index (χ4v) is 10.1. The van der Waals surface area contributed by atoms with E-state index >= 15 is 0 Å². The maximum absolute atomic E-state index is 14.5. The molecular weight excluding hydrogens is 646 g/mol. The summed E-state index contributed by atoms with van der Waals surface area (Å²) >= 11 is 0. The van der Waals surface area contributed by atoms with E-state index in [0.29, 0.717) is 19.4 Å². The van der Waals surface area contributed by atoms with E-state index in [-0.39, 0.29) is 36.0 Å². The minimum absolute atomic E-state index is 0.0141. The van der Waals surface area contributed by atoms with Gasteiger partial charge in [-0.05, 0) is 75.5 Å². The van der Waals surface area contributed by atoms with E-state index in [2.05, 4.69) is 27.8 Å². The van der Waals surface area contributed by atoms with Crippen molar-refractivity contribution in [1.82, 2.24) is 26.2 Å². The van der Waals surface area contributed by atoms with Gasteiger partial charge in [0.2, 0.25) is 17.6 Å². The van der Waals surface area contributed by atoms with E-state index in [1.54, 1.807) is 32.6 Å². The van der Waals surface area contributed by atoms with Crippen LogP contribution in [0.3, 0.4) is 0 Å². The number of Topliss-reactive ketones (excluding diaryl/α,β-unsaturated/α-hetero) is 1. The monoisotopic (exact) mass is 705 g/mol. The van der Waals surface area contributed by atoms with Crippen molar-refractivity contribution in [3.05, 3.63) is 12.7 Å². The lowest BCUT2D eigenvalue weighted by molar-refractivity contribution is -0.145. The minimum atomic E-state index is -3.56. The second-order valence-electron chi connectivity index (χ2n) is 17.0. The molecule has 1 saturated heterocycles. The number of likely N-dealkylation sites (tertiary alicyclic amines) is 1. The first-order valence-corrected chi connectivity index (χ1v) is 19.7. The zero-order valence-corrected chi connectivity index (χ0v) is 31.4. The molecular formula is C36H59N5O7S. The van der Waals surface area contributed by atoms with Crippen LogP contribution in [0.5, 0.6) is 0 Å². The van der Waals surface area contributed by atoms with Crippen LogP contribution in [0, 0.1) is 22.7 Å². The van der Waals surface area contributed by atoms with Crippen LogP contribution in [0.25, 0.3) is 0 Å². The zero-order valence-electron chi connectivity index (χ0n) is 30.6. The van der Waals surface area contributed by atoms with Gasteiger partial charge in [-0.3, -0.25) is 19.2 Å². The molecule has 0 aromatic rings. The van der Waals surface area contributed by atoms with Gasteiger partial charge in [0, 0.05) is 13.1 Å². The van der Waals surface area contributed by atoms with Crippen molar-refractivity contribution in [1.29, 1.82) is 0 Å². The lowest BCUT2D eigenvalue weighted by Crippen LogP contribution is -2.64. The van der Waals surface area contributed by atoms with Gasteiger partial charge in [0.1, 0.15) is 12.1 Å². The van der Waals surface area contributed by atoms with Crippen molar-refractivity contribution in [3.8, 4) is 0 Å². The number of hydrogen-bond acceptors (Lipinski definition) is 7. The average Bonchev–Trinajstić information content (AvgIpc) is 3.33. The van der Waals surface area contributed by atoms with E-state index in [0.717, 1.165) is 44.9 Å². The number of nitrogens with one attached hydrogen (secondary N) is 4. The second kappa shape index (κ2) is 14.3. The quantitative estimate of drug-likeness (QED) is 0.178. The van der Waals surface area contributed by atoms with Crippen LogP contribution in [0.1, 0.15) is 113 Å². The Morgan fingerprint density at radius 1 is 0.918 bits per heavy atom. The van der Waals surface area contributed by atoms with Gasteiger partial charge in [0.05, 0.1) is 22.1 Å². The maximum Gasteiger partial charge on any atom is 0.315 e. The number of carbonyl (C=O) groups is 5. The van der Waals surface area contributed by atoms with Crippen molar-refractivity contribution in [3.63, 3.8) is 0 Å². The molecule has 0 radical (unpaired) electrons. The first-order chi connectivity index (χ1) is 22.7. The molecule has 1 spiro atoms. The van der Waals surface area contributed by atoms with E-state index in [1.165, 1.54) is 6.08 Å². The zero-order chi connectivity index (χ0) is 36.6. The summed E-state index contributed by atoms with van der Waals surface area (Å²) in [7, 11) is -3.56. The lowest BCUT2D eigenvalue weighted by Gasteiger charge is -2.41. The summed E-state index contributed by atoms with van der Waals surface area (Å²) in [6.07, 6.45) is 9.32. The average molecular weight is 706 g/mol. The van der Waals surface area contributed by atoms with Gasteiger partial charge in [-0.25, -0.2) is 13.2 Å². The summed E-state index contributed by atoms with van der Waals surface area (Å²) in [5.74, 6) is -2.54. The predicted octanol–water partition coefficient (Wildman–Crippen LogP) is 3.40. The smallest absolute Gasteiger partial charge is 0.315 e. The van der Waals surface area contributed by atoms with Crippen LogP contribution in [-0.2, 0) is 29.0 Å². The summed E-state index contributed by atoms with van der Waals surface area (Å²) < 4.78 is 25.6. The number of carbonyl (C=O) groups excluding carboxylic acids is 5. The van der Waals surface area contributed by atoms with Crippen molar-refractivity contribution in [2.24, 2.45) is 22.7 Å². The molecule has 4 aliphatic rings. The highest BCUT2D eigenvalue weighted by molar-refractivity contribution is 7.92. The fourth-order valence-electron chi connectivity index (χ4n) is 8.59. The van der Waals surface area contributed by atoms with Crippen LogP contribution in [-0.4, -0.2) is 90.1 Å². The van der Waals surface area contributed by atoms with Crippen LogP contribution in [0.4, 0.5) is 4.79 Å². The Morgan fingerprint density at radius 2 is 1.51 bits per heavy atom. The molecule has 0 aromatic carbocycles. The molecule has 4 rings (SSSR count). The third-order valence-corrected chi connectivity index (χ3v) is 14.3. The number of hydrogen-bond donors (Lipinski definition) is 4. The summed E-state index contributed by atoms with van der Waals surface area (Å²) in [6, 6.07) is -3.53. The van der Waals surface area contributed by atoms with Crippen molar-refractivity contribution < 1.29 is 32.4 Å². The molecule has 12 nitrogen and oxygen atoms in total. The Morgan fingerprint density at radius 3 is 2.04 bits per heavy atom. The first-order valence-electron chi connectivity index (χ1n) is 18.1. The molecule has 4 N–H and O–H groups in total. The Labute approximate surface area is 292 Å². The summed E-state index contributed by atoms with van der Waals surface area (Å²) in [5.41, 5.74) is -1.72. The van der Waals surface area contributed by atoms with Gasteiger partial charge < -0.3 is 26.2 Å². The molecule has 2 unspecified atom stereocenters. The predicted molar refractivity (Wildman–Crippen MR) is 188 cm³/mol. The molecule has 5 amide bonds. The highest BCUT2D eigenvalue weighted by Crippen LogP contribution is 2.72. The van der Waals surface area contributed by atoms with Crippen molar-refractivity contribution in [2.75, 3.05) is 18.8 Å². The van der Waals surface area contributed by atoms with Crippen molar-refractivity contribution >= 4 is 39.4 Å². The van der Waals surface area contributed by atoms with Gasteiger partial charge in [0.15, 0.2) is 9.84 Å². The van der Waals surface area contributed by atoms with Crippen LogP contribution in [0.15, 0.2) is 12.7 Å². The van der Waals surface area contributed by atoms with Crippen LogP contribution in [0.2, 0.25) is 0 Å². The number of sulfone groups is 1. The summed E-state index contributed by atoms with van der Waals surface area (Å²) in [4.78, 5) is 69.4. The Hall–Kier alpha value is -2.96. The highest BCUT2D eigenvalue weighted by atomic mass is 32.2. The second-order valence-corrected chi connectivity index (χ2v) is 19.7. The molecule has 3 aliphatic carbocycles. The van der Waals surface area contributed by atoms with Gasteiger partial charge in [-0.1, -0.05) is 65.9 Å². The normalized spacial score (nSPS) is 25.4. The molecule has 0 bridgehead atoms. The molecule has 49 heavy (non-hydrogen) atoms. The number of rotatable bonds is 12. The fraction of sp³-hybridized carbons (Fsp3) is 0.806. The minimum Gasteiger partial charge on any atom is -0.346 e. The Bertz CT molecular complexity index is 1420. The number of amides is 5. The van der Waals surface area contributed by atoms with Crippen molar-refractivity contribution in [2.45, 2.75) is 141 Å². The van der Waals surface area contributed by atoms with Gasteiger partial charge in [-0.15, -0.1) is 6.58 Å². The number of piperidine rings is 1. The number of ketones is 1. The largest absolute Gasteiger partial charge is 0.346 e.